The van der Waals surface area contributed by atoms with Gasteiger partial charge in [-0.15, -0.1) is 0 Å². The predicted molar refractivity (Wildman–Crippen MR) is 66.5 cm³/mol. The van der Waals surface area contributed by atoms with Crippen LogP contribution in [0.15, 0.2) is 30.5 Å². The lowest BCUT2D eigenvalue weighted by Crippen LogP contribution is -2.08. The number of hydrogen-bond donors (Lipinski definition) is 1. The fourth-order valence-corrected chi connectivity index (χ4v) is 2.33. The van der Waals surface area contributed by atoms with Gasteiger partial charge >= 0.3 is 6.18 Å². The van der Waals surface area contributed by atoms with Crippen molar-refractivity contribution in [2.75, 3.05) is 0 Å². The minimum Gasteiger partial charge on any atom is -0.392 e. The summed E-state index contributed by atoms with van der Waals surface area (Å²) >= 11 is 0. The molecule has 0 radical (unpaired) electrons. The maximum atomic E-state index is 12.8. The van der Waals surface area contributed by atoms with Gasteiger partial charge in [-0.25, -0.2) is 4.68 Å². The van der Waals surface area contributed by atoms with Crippen LogP contribution in [-0.2, 0) is 12.8 Å². The molecule has 0 aliphatic heterocycles. The SMILES string of the molecule is OCc1cnn(-c2cccc(C(F)(F)F)c2)c1C1CC1. The molecule has 1 aliphatic carbocycles. The number of hydrogen-bond acceptors (Lipinski definition) is 2. The highest BCUT2D eigenvalue weighted by Gasteiger charge is 2.33. The van der Waals surface area contributed by atoms with Crippen LogP contribution < -0.4 is 0 Å². The van der Waals surface area contributed by atoms with E-state index in [1.165, 1.54) is 16.9 Å². The normalized spacial score (nSPS) is 15.6. The number of aliphatic hydroxyl groups excluding tert-OH is 1. The molecule has 0 unspecified atom stereocenters. The zero-order chi connectivity index (χ0) is 14.3. The smallest absolute Gasteiger partial charge is 0.392 e. The van der Waals surface area contributed by atoms with E-state index in [0.717, 1.165) is 30.7 Å². The van der Waals surface area contributed by atoms with Crippen molar-refractivity contribution in [3.63, 3.8) is 0 Å². The summed E-state index contributed by atoms with van der Waals surface area (Å²) in [6.45, 7) is -0.148. The fourth-order valence-electron chi connectivity index (χ4n) is 2.33. The Bertz CT molecular complexity index is 630. The minimum absolute atomic E-state index is 0.148. The number of benzene rings is 1. The highest BCUT2D eigenvalue weighted by molar-refractivity contribution is 5.41. The molecule has 0 spiro atoms. The van der Waals surface area contributed by atoms with Crippen LogP contribution in [0, 0.1) is 0 Å². The van der Waals surface area contributed by atoms with Crippen LogP contribution in [0.25, 0.3) is 5.69 Å². The molecule has 106 valence electrons. The standard InChI is InChI=1S/C14H13F3N2O/c15-14(16,17)11-2-1-3-12(6-11)19-13(9-4-5-9)10(8-20)7-18-19/h1-3,6-7,9,20H,4-5,8H2. The number of nitrogens with zero attached hydrogens (tertiary/aromatic N) is 2. The third-order valence-electron chi connectivity index (χ3n) is 3.44. The van der Waals surface area contributed by atoms with Gasteiger partial charge in [0.15, 0.2) is 0 Å². The topological polar surface area (TPSA) is 38.1 Å². The van der Waals surface area contributed by atoms with Gasteiger partial charge < -0.3 is 5.11 Å². The third kappa shape index (κ3) is 2.31. The van der Waals surface area contributed by atoms with Crippen molar-refractivity contribution in [3.05, 3.63) is 47.3 Å². The summed E-state index contributed by atoms with van der Waals surface area (Å²) in [6, 6.07) is 5.08. The first kappa shape index (κ1) is 13.2. The predicted octanol–water partition coefficient (Wildman–Crippen LogP) is 3.26. The van der Waals surface area contributed by atoms with E-state index in [2.05, 4.69) is 5.10 Å². The molecular weight excluding hydrogens is 269 g/mol. The van der Waals surface area contributed by atoms with Gasteiger partial charge in [0.1, 0.15) is 0 Å². The largest absolute Gasteiger partial charge is 0.416 e. The van der Waals surface area contributed by atoms with Crippen molar-refractivity contribution in [1.29, 1.82) is 0 Å². The maximum absolute atomic E-state index is 12.8. The molecule has 2 aromatic rings. The van der Waals surface area contributed by atoms with Crippen molar-refractivity contribution >= 4 is 0 Å². The van der Waals surface area contributed by atoms with E-state index in [9.17, 15) is 18.3 Å². The summed E-state index contributed by atoms with van der Waals surface area (Å²) in [5.41, 5.74) is 1.19. The van der Waals surface area contributed by atoms with Crippen LogP contribution >= 0.6 is 0 Å². The van der Waals surface area contributed by atoms with Crippen LogP contribution in [0.3, 0.4) is 0 Å². The van der Waals surface area contributed by atoms with E-state index >= 15 is 0 Å². The van der Waals surface area contributed by atoms with Crippen molar-refractivity contribution in [1.82, 2.24) is 9.78 Å². The zero-order valence-corrected chi connectivity index (χ0v) is 10.6. The highest BCUT2D eigenvalue weighted by atomic mass is 19.4. The molecule has 6 heteroatoms. The quantitative estimate of drug-likeness (QED) is 0.938. The lowest BCUT2D eigenvalue weighted by atomic mass is 10.1. The van der Waals surface area contributed by atoms with Gasteiger partial charge in [-0.05, 0) is 31.0 Å². The van der Waals surface area contributed by atoms with Crippen molar-refractivity contribution in [3.8, 4) is 5.69 Å². The Labute approximate surface area is 113 Å². The van der Waals surface area contributed by atoms with Crippen LogP contribution in [-0.4, -0.2) is 14.9 Å². The van der Waals surface area contributed by atoms with E-state index < -0.39 is 11.7 Å². The maximum Gasteiger partial charge on any atom is 0.416 e. The van der Waals surface area contributed by atoms with E-state index in [4.69, 9.17) is 0 Å². The molecule has 3 rings (SSSR count). The number of rotatable bonds is 3. The van der Waals surface area contributed by atoms with Gasteiger partial charge in [0, 0.05) is 11.5 Å². The molecule has 1 aromatic carbocycles. The first-order valence-electron chi connectivity index (χ1n) is 6.36. The summed E-state index contributed by atoms with van der Waals surface area (Å²) in [5.74, 6) is 0.286. The molecule has 3 nitrogen and oxygen atoms in total. The van der Waals surface area contributed by atoms with Crippen molar-refractivity contribution in [2.24, 2.45) is 0 Å². The van der Waals surface area contributed by atoms with Gasteiger partial charge in [-0.1, -0.05) is 6.07 Å². The molecule has 1 saturated carbocycles. The Balaban J connectivity index is 2.07. The summed E-state index contributed by atoms with van der Waals surface area (Å²) in [7, 11) is 0. The number of aliphatic hydroxyl groups is 1. The van der Waals surface area contributed by atoms with Crippen LogP contribution in [0.2, 0.25) is 0 Å². The van der Waals surface area contributed by atoms with Gasteiger partial charge in [0.2, 0.25) is 0 Å². The van der Waals surface area contributed by atoms with E-state index in [0.29, 0.717) is 11.3 Å². The Morgan fingerprint density at radius 1 is 1.30 bits per heavy atom. The summed E-state index contributed by atoms with van der Waals surface area (Å²) < 4.78 is 39.8. The molecule has 1 heterocycles. The number of alkyl halides is 3. The average molecular weight is 282 g/mol. The van der Waals surface area contributed by atoms with E-state index in [1.807, 2.05) is 0 Å². The van der Waals surface area contributed by atoms with Crippen molar-refractivity contribution < 1.29 is 18.3 Å². The van der Waals surface area contributed by atoms with Crippen LogP contribution in [0.4, 0.5) is 13.2 Å². The van der Waals surface area contributed by atoms with Crippen molar-refractivity contribution in [2.45, 2.75) is 31.5 Å². The Morgan fingerprint density at radius 2 is 2.05 bits per heavy atom. The average Bonchev–Trinajstić information content (AvgIpc) is 3.17. The minimum atomic E-state index is -4.37. The van der Waals surface area contributed by atoms with Crippen LogP contribution in [0.5, 0.6) is 0 Å². The molecule has 1 aliphatic rings. The summed E-state index contributed by atoms with van der Waals surface area (Å²) in [6.07, 6.45) is -0.883. The van der Waals surface area contributed by atoms with Gasteiger partial charge in [0.05, 0.1) is 29.7 Å². The molecule has 0 bridgehead atoms. The third-order valence-corrected chi connectivity index (χ3v) is 3.44. The zero-order valence-electron chi connectivity index (χ0n) is 10.6. The first-order valence-corrected chi connectivity index (χ1v) is 6.36. The van der Waals surface area contributed by atoms with Crippen LogP contribution in [0.1, 0.15) is 35.6 Å². The Morgan fingerprint density at radius 3 is 2.65 bits per heavy atom. The molecular formula is C14H13F3N2O. The highest BCUT2D eigenvalue weighted by Crippen LogP contribution is 2.42. The first-order chi connectivity index (χ1) is 9.50. The second-order valence-electron chi connectivity index (χ2n) is 4.95. The molecule has 1 fully saturated rings. The number of aromatic nitrogens is 2. The summed E-state index contributed by atoms with van der Waals surface area (Å²) in [5, 5.41) is 13.4. The molecule has 0 saturated heterocycles. The monoisotopic (exact) mass is 282 g/mol. The van der Waals surface area contributed by atoms with Gasteiger partial charge in [-0.3, -0.25) is 0 Å². The molecule has 0 atom stereocenters. The molecule has 1 N–H and O–H groups in total. The van der Waals surface area contributed by atoms with Gasteiger partial charge in [-0.2, -0.15) is 18.3 Å². The van der Waals surface area contributed by atoms with E-state index in [1.54, 1.807) is 6.07 Å². The Hall–Kier alpha value is -1.82. The number of halogens is 3. The second kappa shape index (κ2) is 4.63. The summed E-state index contributed by atoms with van der Waals surface area (Å²) in [4.78, 5) is 0. The Kier molecular flexibility index (Phi) is 3.05. The lowest BCUT2D eigenvalue weighted by molar-refractivity contribution is -0.137. The van der Waals surface area contributed by atoms with E-state index in [-0.39, 0.29) is 12.5 Å². The molecule has 20 heavy (non-hydrogen) atoms. The van der Waals surface area contributed by atoms with Gasteiger partial charge in [0.25, 0.3) is 0 Å². The lowest BCUT2D eigenvalue weighted by Gasteiger charge is -2.11. The molecule has 1 aromatic heterocycles. The molecule has 0 amide bonds. The fraction of sp³-hybridized carbons (Fsp3) is 0.357. The second-order valence-corrected chi connectivity index (χ2v) is 4.95.